The van der Waals surface area contributed by atoms with E-state index in [1.54, 1.807) is 28.9 Å². The zero-order valence-corrected chi connectivity index (χ0v) is 13.6. The molecule has 0 saturated heterocycles. The van der Waals surface area contributed by atoms with E-state index in [4.69, 9.17) is 0 Å². The van der Waals surface area contributed by atoms with E-state index in [9.17, 15) is 4.79 Å². The van der Waals surface area contributed by atoms with Crippen molar-refractivity contribution in [3.8, 4) is 9.75 Å². The highest BCUT2D eigenvalue weighted by atomic mass is 32.1. The quantitative estimate of drug-likeness (QED) is 0.594. The van der Waals surface area contributed by atoms with Crippen molar-refractivity contribution in [3.05, 3.63) is 63.3 Å². The Kier molecular flexibility index (Phi) is 3.64. The van der Waals surface area contributed by atoms with Crippen molar-refractivity contribution in [1.82, 2.24) is 15.0 Å². The molecule has 0 bridgehead atoms. The fourth-order valence-electron chi connectivity index (χ4n) is 2.32. The first-order valence-corrected chi connectivity index (χ1v) is 8.71. The van der Waals surface area contributed by atoms with Gasteiger partial charge in [-0.2, -0.15) is 4.98 Å². The van der Waals surface area contributed by atoms with Crippen molar-refractivity contribution in [1.29, 1.82) is 0 Å². The average Bonchev–Trinajstić information content (AvgIpc) is 3.23. The summed E-state index contributed by atoms with van der Waals surface area (Å²) in [5, 5.41) is 6.13. The van der Waals surface area contributed by atoms with E-state index >= 15 is 0 Å². The van der Waals surface area contributed by atoms with E-state index in [1.165, 1.54) is 14.6 Å². The number of hydrogen-bond donors (Lipinski definition) is 2. The topological polar surface area (TPSA) is 70.7 Å². The highest BCUT2D eigenvalue weighted by Gasteiger charge is 2.07. The van der Waals surface area contributed by atoms with Gasteiger partial charge in [-0.3, -0.25) is 4.98 Å². The predicted molar refractivity (Wildman–Crippen MR) is 95.1 cm³/mol. The number of aromatic amines is 1. The second-order valence-corrected chi connectivity index (χ2v) is 7.00. The van der Waals surface area contributed by atoms with Crippen molar-refractivity contribution < 1.29 is 0 Å². The Bertz CT molecular complexity index is 1000. The van der Waals surface area contributed by atoms with Gasteiger partial charge in [0.1, 0.15) is 11.5 Å². The molecule has 0 radical (unpaired) electrons. The van der Waals surface area contributed by atoms with Gasteiger partial charge in [-0.25, -0.2) is 9.78 Å². The molecule has 23 heavy (non-hydrogen) atoms. The van der Waals surface area contributed by atoms with Crippen LogP contribution >= 0.6 is 22.7 Å². The molecular weight excluding hydrogens is 328 g/mol. The molecule has 4 aromatic heterocycles. The number of anilines is 1. The van der Waals surface area contributed by atoms with Gasteiger partial charge in [0, 0.05) is 20.8 Å². The van der Waals surface area contributed by atoms with Crippen molar-refractivity contribution >= 4 is 39.5 Å². The van der Waals surface area contributed by atoms with E-state index in [-0.39, 0.29) is 0 Å². The van der Waals surface area contributed by atoms with Gasteiger partial charge in [0.2, 0.25) is 0 Å². The minimum Gasteiger partial charge on any atom is -0.364 e. The van der Waals surface area contributed by atoms with Crippen LogP contribution in [0.1, 0.15) is 4.88 Å². The van der Waals surface area contributed by atoms with E-state index in [1.807, 2.05) is 12.1 Å². The highest BCUT2D eigenvalue weighted by molar-refractivity contribution is 7.21. The zero-order chi connectivity index (χ0) is 15.6. The standard InChI is InChI=1S/C16H12N4OS2/c21-16-19-14-11(3-1-7-17-14)15(20-16)18-9-10-5-6-13(23-10)12-4-2-8-22-12/h1-8H,9H2,(H2,17,18,19,20,21). The third kappa shape index (κ3) is 2.88. The maximum absolute atomic E-state index is 11.6. The summed E-state index contributed by atoms with van der Waals surface area (Å²) in [5.41, 5.74) is 0.143. The Morgan fingerprint density at radius 3 is 2.96 bits per heavy atom. The smallest absolute Gasteiger partial charge is 0.348 e. The number of thiophene rings is 2. The van der Waals surface area contributed by atoms with Crippen LogP contribution in [-0.2, 0) is 6.54 Å². The van der Waals surface area contributed by atoms with Gasteiger partial charge in [0.25, 0.3) is 0 Å². The van der Waals surface area contributed by atoms with Crippen LogP contribution in [0.15, 0.2) is 52.8 Å². The van der Waals surface area contributed by atoms with E-state index in [2.05, 4.69) is 49.9 Å². The molecule has 0 aliphatic carbocycles. The second kappa shape index (κ2) is 5.94. The van der Waals surface area contributed by atoms with Gasteiger partial charge in [-0.05, 0) is 35.7 Å². The summed E-state index contributed by atoms with van der Waals surface area (Å²) in [7, 11) is 0. The molecule has 0 aromatic carbocycles. The lowest BCUT2D eigenvalue weighted by molar-refractivity contribution is 1.06. The average molecular weight is 340 g/mol. The van der Waals surface area contributed by atoms with Crippen LogP contribution in [0.5, 0.6) is 0 Å². The molecule has 2 N–H and O–H groups in total. The molecule has 0 fully saturated rings. The van der Waals surface area contributed by atoms with Crippen LogP contribution in [-0.4, -0.2) is 15.0 Å². The second-order valence-electron chi connectivity index (χ2n) is 4.89. The summed E-state index contributed by atoms with van der Waals surface area (Å²) < 4.78 is 0. The number of rotatable bonds is 4. The number of nitrogens with zero attached hydrogens (tertiary/aromatic N) is 2. The number of hydrogen-bond acceptors (Lipinski definition) is 6. The van der Waals surface area contributed by atoms with Gasteiger partial charge in [-0.1, -0.05) is 6.07 Å². The third-order valence-electron chi connectivity index (χ3n) is 3.36. The molecule has 4 rings (SSSR count). The van der Waals surface area contributed by atoms with Crippen LogP contribution in [0.4, 0.5) is 5.82 Å². The molecule has 4 aromatic rings. The Labute approximate surface area is 139 Å². The molecule has 0 amide bonds. The third-order valence-corrected chi connectivity index (χ3v) is 5.51. The lowest BCUT2D eigenvalue weighted by Crippen LogP contribution is -2.14. The normalized spacial score (nSPS) is 11.0. The monoisotopic (exact) mass is 340 g/mol. The van der Waals surface area contributed by atoms with Crippen molar-refractivity contribution in [2.75, 3.05) is 5.32 Å². The molecular formula is C16H12N4OS2. The molecule has 114 valence electrons. The predicted octanol–water partition coefficient (Wildman–Crippen LogP) is 3.72. The molecule has 0 atom stereocenters. The maximum atomic E-state index is 11.6. The Balaban J connectivity index is 1.59. The Morgan fingerprint density at radius 1 is 1.13 bits per heavy atom. The van der Waals surface area contributed by atoms with Crippen LogP contribution < -0.4 is 11.0 Å². The van der Waals surface area contributed by atoms with Gasteiger partial charge in [0.15, 0.2) is 0 Å². The summed E-state index contributed by atoms with van der Waals surface area (Å²) in [6, 6.07) is 12.1. The van der Waals surface area contributed by atoms with E-state index in [0.717, 1.165) is 5.39 Å². The van der Waals surface area contributed by atoms with E-state index in [0.29, 0.717) is 18.0 Å². The lowest BCUT2D eigenvalue weighted by atomic mass is 10.3. The van der Waals surface area contributed by atoms with Gasteiger partial charge < -0.3 is 5.32 Å². The maximum Gasteiger partial charge on any atom is 0.348 e. The number of fused-ring (bicyclic) bond motifs is 1. The van der Waals surface area contributed by atoms with Crippen LogP contribution in [0.3, 0.4) is 0 Å². The molecule has 0 aliphatic rings. The zero-order valence-electron chi connectivity index (χ0n) is 11.9. The summed E-state index contributed by atoms with van der Waals surface area (Å²) in [5.74, 6) is 0.558. The van der Waals surface area contributed by atoms with Gasteiger partial charge >= 0.3 is 5.69 Å². The summed E-state index contributed by atoms with van der Waals surface area (Å²) in [6.07, 6.45) is 1.65. The van der Waals surface area contributed by atoms with Gasteiger partial charge in [0.05, 0.1) is 11.9 Å². The molecule has 0 aliphatic heterocycles. The highest BCUT2D eigenvalue weighted by Crippen LogP contribution is 2.31. The molecule has 5 nitrogen and oxygen atoms in total. The number of nitrogens with one attached hydrogen (secondary N) is 2. The van der Waals surface area contributed by atoms with Crippen molar-refractivity contribution in [3.63, 3.8) is 0 Å². The first kappa shape index (κ1) is 14.1. The summed E-state index contributed by atoms with van der Waals surface area (Å²) >= 11 is 3.47. The molecule has 0 unspecified atom stereocenters. The first-order valence-electron chi connectivity index (χ1n) is 7.01. The summed E-state index contributed by atoms with van der Waals surface area (Å²) in [6.45, 7) is 0.622. The molecule has 4 heterocycles. The van der Waals surface area contributed by atoms with Gasteiger partial charge in [-0.15, -0.1) is 22.7 Å². The largest absolute Gasteiger partial charge is 0.364 e. The number of H-pyrrole nitrogens is 1. The van der Waals surface area contributed by atoms with Crippen molar-refractivity contribution in [2.45, 2.75) is 6.54 Å². The lowest BCUT2D eigenvalue weighted by Gasteiger charge is -2.06. The minimum absolute atomic E-state index is 0.399. The molecule has 0 spiro atoms. The van der Waals surface area contributed by atoms with Crippen LogP contribution in [0.25, 0.3) is 20.8 Å². The Morgan fingerprint density at radius 2 is 2.09 bits per heavy atom. The molecule has 7 heteroatoms. The molecule has 0 saturated carbocycles. The minimum atomic E-state index is -0.399. The van der Waals surface area contributed by atoms with Crippen LogP contribution in [0.2, 0.25) is 0 Å². The fraction of sp³-hybridized carbons (Fsp3) is 0.0625. The first-order chi connectivity index (χ1) is 11.3. The number of pyridine rings is 1. The SMILES string of the molecule is O=c1nc(NCc2ccc(-c3cccs3)s2)c2cccnc2[nH]1. The number of aromatic nitrogens is 3. The Hall–Kier alpha value is -2.51. The summed E-state index contributed by atoms with van der Waals surface area (Å²) in [4.78, 5) is 26.2. The van der Waals surface area contributed by atoms with E-state index < -0.39 is 5.69 Å². The van der Waals surface area contributed by atoms with Crippen molar-refractivity contribution in [2.24, 2.45) is 0 Å². The fourth-order valence-corrected chi connectivity index (χ4v) is 4.10. The van der Waals surface area contributed by atoms with Crippen LogP contribution in [0, 0.1) is 0 Å².